The number of halogens is 1. The molecule has 5 rings (SSSR count). The van der Waals surface area contributed by atoms with Gasteiger partial charge in [-0.05, 0) is 23.8 Å². The molecule has 0 radical (unpaired) electrons. The van der Waals surface area contributed by atoms with Crippen LogP contribution in [0.5, 0.6) is 0 Å². The second-order valence-corrected chi connectivity index (χ2v) is 6.98. The van der Waals surface area contributed by atoms with Crippen LogP contribution in [0.15, 0.2) is 54.9 Å². The van der Waals surface area contributed by atoms with Gasteiger partial charge in [0.1, 0.15) is 23.2 Å². The Balaban J connectivity index is 1.39. The number of aromatic amines is 1. The first-order chi connectivity index (χ1) is 13.3. The van der Waals surface area contributed by atoms with Gasteiger partial charge in [-0.25, -0.2) is 14.4 Å². The predicted octanol–water partition coefficient (Wildman–Crippen LogP) is 3.57. The van der Waals surface area contributed by atoms with Crippen molar-refractivity contribution < 1.29 is 4.39 Å². The van der Waals surface area contributed by atoms with E-state index in [1.807, 2.05) is 6.07 Å². The largest absolute Gasteiger partial charge is 0.352 e. The molecule has 6 heteroatoms. The Hall–Kier alpha value is -2.99. The van der Waals surface area contributed by atoms with E-state index in [-0.39, 0.29) is 5.82 Å². The number of nitrogens with zero attached hydrogens (tertiary/aromatic N) is 4. The monoisotopic (exact) mass is 361 g/mol. The van der Waals surface area contributed by atoms with Crippen molar-refractivity contribution in [1.29, 1.82) is 0 Å². The molecule has 0 amide bonds. The molecule has 0 saturated carbocycles. The molecule has 3 heterocycles. The third-order valence-corrected chi connectivity index (χ3v) is 5.24. The summed E-state index contributed by atoms with van der Waals surface area (Å²) in [7, 11) is 0. The number of aromatic nitrogens is 3. The summed E-state index contributed by atoms with van der Waals surface area (Å²) in [6, 6.07) is 15.3. The lowest BCUT2D eigenvalue weighted by atomic mass is 10.2. The van der Waals surface area contributed by atoms with Gasteiger partial charge in [0.05, 0.1) is 0 Å². The fourth-order valence-electron chi connectivity index (χ4n) is 3.85. The standard InChI is InChI=1S/C21H20FN5/c22-16-6-7-18-17(12-16)19-20(25-18)21(24-14-23-19)27-10-8-26(9-11-27)13-15-4-2-1-3-5-15/h1-7,12,14,25H,8-11,13H2. The Labute approximate surface area is 156 Å². The molecule has 27 heavy (non-hydrogen) atoms. The predicted molar refractivity (Wildman–Crippen MR) is 105 cm³/mol. The number of fused-ring (bicyclic) bond motifs is 3. The highest BCUT2D eigenvalue weighted by atomic mass is 19.1. The minimum Gasteiger partial charge on any atom is -0.352 e. The van der Waals surface area contributed by atoms with E-state index in [0.29, 0.717) is 0 Å². The van der Waals surface area contributed by atoms with Gasteiger partial charge in [-0.1, -0.05) is 30.3 Å². The molecule has 0 bridgehead atoms. The number of benzene rings is 2. The summed E-state index contributed by atoms with van der Waals surface area (Å²) in [6.07, 6.45) is 1.58. The summed E-state index contributed by atoms with van der Waals surface area (Å²) in [6.45, 7) is 4.75. The summed E-state index contributed by atoms with van der Waals surface area (Å²) < 4.78 is 13.6. The fraction of sp³-hybridized carbons (Fsp3) is 0.238. The van der Waals surface area contributed by atoms with Crippen LogP contribution >= 0.6 is 0 Å². The fourth-order valence-corrected chi connectivity index (χ4v) is 3.85. The molecule has 2 aromatic heterocycles. The van der Waals surface area contributed by atoms with Gasteiger partial charge in [0.2, 0.25) is 0 Å². The van der Waals surface area contributed by atoms with E-state index in [1.165, 1.54) is 17.7 Å². The van der Waals surface area contributed by atoms with Crippen molar-refractivity contribution in [2.75, 3.05) is 31.1 Å². The Bertz CT molecular complexity index is 1080. The van der Waals surface area contributed by atoms with Crippen LogP contribution in [-0.2, 0) is 6.54 Å². The first-order valence-corrected chi connectivity index (χ1v) is 9.21. The number of nitrogens with one attached hydrogen (secondary N) is 1. The zero-order chi connectivity index (χ0) is 18.2. The Morgan fingerprint density at radius 2 is 1.78 bits per heavy atom. The maximum absolute atomic E-state index is 13.6. The molecule has 2 aromatic carbocycles. The first-order valence-electron chi connectivity index (χ1n) is 9.21. The average molecular weight is 361 g/mol. The van der Waals surface area contributed by atoms with Gasteiger partial charge in [0.15, 0.2) is 5.82 Å². The molecular formula is C21H20FN5. The molecule has 1 N–H and O–H groups in total. The van der Waals surface area contributed by atoms with Crippen molar-refractivity contribution in [1.82, 2.24) is 19.9 Å². The van der Waals surface area contributed by atoms with Gasteiger partial charge in [-0.3, -0.25) is 4.90 Å². The highest BCUT2D eigenvalue weighted by Crippen LogP contribution is 2.30. The Kier molecular flexibility index (Phi) is 3.98. The van der Waals surface area contributed by atoms with Crippen molar-refractivity contribution in [3.05, 3.63) is 66.2 Å². The van der Waals surface area contributed by atoms with E-state index in [9.17, 15) is 4.39 Å². The molecule has 5 nitrogen and oxygen atoms in total. The van der Waals surface area contributed by atoms with Crippen LogP contribution in [0, 0.1) is 5.82 Å². The van der Waals surface area contributed by atoms with Gasteiger partial charge in [0, 0.05) is 43.6 Å². The minimum atomic E-state index is -0.252. The Morgan fingerprint density at radius 1 is 0.963 bits per heavy atom. The summed E-state index contributed by atoms with van der Waals surface area (Å²) in [4.78, 5) is 17.0. The third-order valence-electron chi connectivity index (χ3n) is 5.24. The van der Waals surface area contributed by atoms with Crippen LogP contribution in [0.4, 0.5) is 10.2 Å². The maximum atomic E-state index is 13.6. The number of hydrogen-bond donors (Lipinski definition) is 1. The lowest BCUT2D eigenvalue weighted by Crippen LogP contribution is -2.46. The topological polar surface area (TPSA) is 48.1 Å². The molecule has 1 aliphatic heterocycles. The second kappa shape index (κ2) is 6.63. The Morgan fingerprint density at radius 3 is 2.59 bits per heavy atom. The van der Waals surface area contributed by atoms with E-state index in [0.717, 1.165) is 60.5 Å². The van der Waals surface area contributed by atoms with Crippen LogP contribution in [0.25, 0.3) is 21.9 Å². The second-order valence-electron chi connectivity index (χ2n) is 6.98. The SMILES string of the molecule is Fc1ccc2[nH]c3c(N4CCN(Cc5ccccc5)CC4)ncnc3c2c1. The van der Waals surface area contributed by atoms with Crippen LogP contribution in [0.1, 0.15) is 5.56 Å². The number of anilines is 1. The van der Waals surface area contributed by atoms with Gasteiger partial charge < -0.3 is 9.88 Å². The van der Waals surface area contributed by atoms with Crippen molar-refractivity contribution in [3.63, 3.8) is 0 Å². The molecule has 4 aromatic rings. The van der Waals surface area contributed by atoms with Crippen LogP contribution in [0.3, 0.4) is 0 Å². The highest BCUT2D eigenvalue weighted by Gasteiger charge is 2.21. The van der Waals surface area contributed by atoms with Crippen molar-refractivity contribution >= 4 is 27.8 Å². The van der Waals surface area contributed by atoms with Crippen molar-refractivity contribution in [2.45, 2.75) is 6.54 Å². The van der Waals surface area contributed by atoms with Gasteiger partial charge in [-0.2, -0.15) is 0 Å². The molecule has 0 unspecified atom stereocenters. The zero-order valence-electron chi connectivity index (χ0n) is 14.9. The third kappa shape index (κ3) is 3.02. The molecule has 1 saturated heterocycles. The zero-order valence-corrected chi connectivity index (χ0v) is 14.9. The highest BCUT2D eigenvalue weighted by molar-refractivity contribution is 6.08. The lowest BCUT2D eigenvalue weighted by Gasteiger charge is -2.35. The van der Waals surface area contributed by atoms with E-state index in [2.05, 4.69) is 49.0 Å². The molecule has 136 valence electrons. The summed E-state index contributed by atoms with van der Waals surface area (Å²) in [5.41, 5.74) is 3.89. The average Bonchev–Trinajstić information content (AvgIpc) is 3.07. The van der Waals surface area contributed by atoms with Gasteiger partial charge >= 0.3 is 0 Å². The van der Waals surface area contributed by atoms with Gasteiger partial charge in [-0.15, -0.1) is 0 Å². The summed E-state index contributed by atoms with van der Waals surface area (Å²) in [5, 5.41) is 0.802. The van der Waals surface area contributed by atoms with Crippen molar-refractivity contribution in [3.8, 4) is 0 Å². The smallest absolute Gasteiger partial charge is 0.156 e. The number of hydrogen-bond acceptors (Lipinski definition) is 4. The van der Waals surface area contributed by atoms with E-state index >= 15 is 0 Å². The molecule has 1 aliphatic rings. The molecular weight excluding hydrogens is 341 g/mol. The van der Waals surface area contributed by atoms with Gasteiger partial charge in [0.25, 0.3) is 0 Å². The summed E-state index contributed by atoms with van der Waals surface area (Å²) in [5.74, 6) is 0.647. The van der Waals surface area contributed by atoms with Crippen LogP contribution in [-0.4, -0.2) is 46.0 Å². The number of rotatable bonds is 3. The number of piperazine rings is 1. The quantitative estimate of drug-likeness (QED) is 0.606. The molecule has 0 spiro atoms. The summed E-state index contributed by atoms with van der Waals surface area (Å²) >= 11 is 0. The van der Waals surface area contributed by atoms with E-state index in [1.54, 1.807) is 12.4 Å². The van der Waals surface area contributed by atoms with Crippen LogP contribution < -0.4 is 4.90 Å². The number of H-pyrrole nitrogens is 1. The normalized spacial score (nSPS) is 15.7. The molecule has 0 aliphatic carbocycles. The van der Waals surface area contributed by atoms with E-state index < -0.39 is 0 Å². The molecule has 0 atom stereocenters. The maximum Gasteiger partial charge on any atom is 0.156 e. The molecule has 1 fully saturated rings. The van der Waals surface area contributed by atoms with Crippen molar-refractivity contribution in [2.24, 2.45) is 0 Å². The van der Waals surface area contributed by atoms with E-state index in [4.69, 9.17) is 0 Å². The first kappa shape index (κ1) is 16.2. The van der Waals surface area contributed by atoms with Crippen LogP contribution in [0.2, 0.25) is 0 Å². The lowest BCUT2D eigenvalue weighted by molar-refractivity contribution is 0.249. The minimum absolute atomic E-state index is 0.252.